The van der Waals surface area contributed by atoms with Gasteiger partial charge in [-0.2, -0.15) is 15.1 Å². The number of aryl methyl sites for hydroxylation is 2. The minimum atomic E-state index is 0.118. The van der Waals surface area contributed by atoms with E-state index in [4.69, 9.17) is 4.52 Å². The van der Waals surface area contributed by atoms with Crippen LogP contribution in [0.2, 0.25) is 0 Å². The molecule has 1 aliphatic rings. The van der Waals surface area contributed by atoms with E-state index in [0.717, 1.165) is 48.6 Å². The third kappa shape index (κ3) is 4.20. The molecule has 1 amide bonds. The first-order valence-corrected chi connectivity index (χ1v) is 10.7. The molecule has 0 aromatic carbocycles. The maximum atomic E-state index is 12.9. The summed E-state index contributed by atoms with van der Waals surface area (Å²) in [5, 5.41) is 8.33. The summed E-state index contributed by atoms with van der Waals surface area (Å²) >= 11 is 0. The van der Waals surface area contributed by atoms with Crippen LogP contribution in [0.1, 0.15) is 67.7 Å². The lowest BCUT2D eigenvalue weighted by atomic mass is 9.97. The third-order valence-electron chi connectivity index (χ3n) is 5.78. The number of piperidine rings is 1. The molecule has 9 nitrogen and oxygen atoms in total. The van der Waals surface area contributed by atoms with E-state index in [1.54, 1.807) is 4.52 Å². The molecule has 4 heterocycles. The number of rotatable bonds is 6. The molecule has 0 bridgehead atoms. The summed E-state index contributed by atoms with van der Waals surface area (Å²) in [7, 11) is 0. The van der Waals surface area contributed by atoms with Crippen molar-refractivity contribution in [2.24, 2.45) is 5.92 Å². The van der Waals surface area contributed by atoms with Crippen molar-refractivity contribution in [2.75, 3.05) is 13.1 Å². The summed E-state index contributed by atoms with van der Waals surface area (Å²) in [6.45, 7) is 9.65. The van der Waals surface area contributed by atoms with E-state index >= 15 is 0 Å². The number of fused-ring (bicyclic) bond motifs is 1. The van der Waals surface area contributed by atoms with Crippen LogP contribution in [0.25, 0.3) is 5.78 Å². The van der Waals surface area contributed by atoms with Crippen LogP contribution in [0.3, 0.4) is 0 Å². The minimum absolute atomic E-state index is 0.118. The van der Waals surface area contributed by atoms with Crippen LogP contribution in [0.5, 0.6) is 0 Å². The zero-order valence-electron chi connectivity index (χ0n) is 18.1. The summed E-state index contributed by atoms with van der Waals surface area (Å²) in [6, 6.07) is 0. The number of aromatic nitrogens is 6. The van der Waals surface area contributed by atoms with Crippen molar-refractivity contribution >= 4 is 11.7 Å². The van der Waals surface area contributed by atoms with E-state index in [0.29, 0.717) is 37.0 Å². The van der Waals surface area contributed by atoms with E-state index in [1.165, 1.54) is 6.33 Å². The minimum Gasteiger partial charge on any atom is -0.342 e. The van der Waals surface area contributed by atoms with Crippen molar-refractivity contribution in [3.05, 3.63) is 35.0 Å². The highest BCUT2D eigenvalue weighted by molar-refractivity contribution is 5.76. The van der Waals surface area contributed by atoms with E-state index in [2.05, 4.69) is 39.1 Å². The van der Waals surface area contributed by atoms with Gasteiger partial charge in [-0.1, -0.05) is 19.0 Å². The Hall–Kier alpha value is -2.84. The Kier molecular flexibility index (Phi) is 5.78. The Labute approximate surface area is 175 Å². The summed E-state index contributed by atoms with van der Waals surface area (Å²) < 4.78 is 7.23. The number of likely N-dealkylation sites (tertiary alicyclic amines) is 1. The second-order valence-corrected chi connectivity index (χ2v) is 8.56. The smallest absolute Gasteiger partial charge is 0.252 e. The lowest BCUT2D eigenvalue weighted by Crippen LogP contribution is -2.39. The van der Waals surface area contributed by atoms with Crippen molar-refractivity contribution in [2.45, 2.75) is 65.7 Å². The Bertz CT molecular complexity index is 1040. The van der Waals surface area contributed by atoms with Gasteiger partial charge in [-0.05, 0) is 44.6 Å². The molecule has 1 unspecified atom stereocenters. The quantitative estimate of drug-likeness (QED) is 0.614. The van der Waals surface area contributed by atoms with Crippen molar-refractivity contribution < 1.29 is 9.32 Å². The highest BCUT2D eigenvalue weighted by Gasteiger charge is 2.28. The molecule has 0 aliphatic carbocycles. The van der Waals surface area contributed by atoms with E-state index in [9.17, 15) is 4.79 Å². The maximum absolute atomic E-state index is 12.9. The van der Waals surface area contributed by atoms with Crippen LogP contribution >= 0.6 is 0 Å². The Morgan fingerprint density at radius 2 is 2.13 bits per heavy atom. The van der Waals surface area contributed by atoms with Gasteiger partial charge in [0.15, 0.2) is 5.82 Å². The van der Waals surface area contributed by atoms with Crippen molar-refractivity contribution in [1.29, 1.82) is 0 Å². The van der Waals surface area contributed by atoms with Gasteiger partial charge < -0.3 is 9.42 Å². The van der Waals surface area contributed by atoms with Gasteiger partial charge in [-0.25, -0.2) is 9.50 Å². The van der Waals surface area contributed by atoms with Crippen LogP contribution in [-0.4, -0.2) is 53.6 Å². The first-order chi connectivity index (χ1) is 14.4. The SMILES string of the molecule is Cc1nc2ncnn2c(C)c1CCC(=O)N1CCCC(c2nc(CC(C)C)no2)C1. The molecular formula is C21H29N7O2. The predicted octanol–water partition coefficient (Wildman–Crippen LogP) is 2.66. The van der Waals surface area contributed by atoms with Gasteiger partial charge in [-0.3, -0.25) is 4.79 Å². The molecule has 4 rings (SSSR count). The second-order valence-electron chi connectivity index (χ2n) is 8.56. The van der Waals surface area contributed by atoms with E-state index in [-0.39, 0.29) is 11.8 Å². The first-order valence-electron chi connectivity index (χ1n) is 10.7. The lowest BCUT2D eigenvalue weighted by molar-refractivity contribution is -0.132. The second kappa shape index (κ2) is 8.49. The fourth-order valence-corrected chi connectivity index (χ4v) is 4.19. The van der Waals surface area contributed by atoms with Crippen molar-refractivity contribution in [1.82, 2.24) is 34.6 Å². The fraction of sp³-hybridized carbons (Fsp3) is 0.619. The molecule has 0 saturated carbocycles. The zero-order chi connectivity index (χ0) is 21.3. The Balaban J connectivity index is 1.40. The van der Waals surface area contributed by atoms with Crippen LogP contribution < -0.4 is 0 Å². The average Bonchev–Trinajstić information content (AvgIpc) is 3.37. The van der Waals surface area contributed by atoms with E-state index < -0.39 is 0 Å². The summed E-state index contributed by atoms with van der Waals surface area (Å²) in [5.74, 6) is 2.77. The van der Waals surface area contributed by atoms with Gasteiger partial charge in [0.25, 0.3) is 5.78 Å². The molecule has 0 spiro atoms. The Morgan fingerprint density at radius 1 is 1.30 bits per heavy atom. The third-order valence-corrected chi connectivity index (χ3v) is 5.78. The molecule has 3 aromatic rings. The molecule has 0 N–H and O–H groups in total. The van der Waals surface area contributed by atoms with Gasteiger partial charge in [0.1, 0.15) is 6.33 Å². The van der Waals surface area contributed by atoms with Crippen molar-refractivity contribution in [3.63, 3.8) is 0 Å². The molecule has 1 aliphatic heterocycles. The summed E-state index contributed by atoms with van der Waals surface area (Å²) in [4.78, 5) is 28.1. The van der Waals surface area contributed by atoms with Crippen LogP contribution in [0, 0.1) is 19.8 Å². The van der Waals surface area contributed by atoms with Gasteiger partial charge >= 0.3 is 0 Å². The van der Waals surface area contributed by atoms with Gasteiger partial charge in [-0.15, -0.1) is 0 Å². The number of amides is 1. The summed E-state index contributed by atoms with van der Waals surface area (Å²) in [6.07, 6.45) is 5.31. The molecule has 30 heavy (non-hydrogen) atoms. The maximum Gasteiger partial charge on any atom is 0.252 e. The highest BCUT2D eigenvalue weighted by Crippen LogP contribution is 2.27. The number of carbonyl (C=O) groups excluding carboxylic acids is 1. The Morgan fingerprint density at radius 3 is 2.93 bits per heavy atom. The molecule has 0 radical (unpaired) electrons. The molecule has 3 aromatic heterocycles. The van der Waals surface area contributed by atoms with Crippen LogP contribution in [-0.2, 0) is 17.6 Å². The number of nitrogens with zero attached hydrogens (tertiary/aromatic N) is 7. The van der Waals surface area contributed by atoms with Crippen molar-refractivity contribution in [3.8, 4) is 0 Å². The van der Waals surface area contributed by atoms with Crippen LogP contribution in [0.4, 0.5) is 0 Å². The molecule has 160 valence electrons. The average molecular weight is 412 g/mol. The number of hydrogen-bond donors (Lipinski definition) is 0. The largest absolute Gasteiger partial charge is 0.342 e. The number of hydrogen-bond acceptors (Lipinski definition) is 7. The van der Waals surface area contributed by atoms with Crippen LogP contribution in [0.15, 0.2) is 10.9 Å². The summed E-state index contributed by atoms with van der Waals surface area (Å²) in [5.41, 5.74) is 2.95. The molecule has 9 heteroatoms. The topological polar surface area (TPSA) is 102 Å². The highest BCUT2D eigenvalue weighted by atomic mass is 16.5. The normalized spacial score (nSPS) is 17.2. The predicted molar refractivity (Wildman–Crippen MR) is 110 cm³/mol. The molecule has 1 saturated heterocycles. The monoisotopic (exact) mass is 411 g/mol. The first kappa shape index (κ1) is 20.4. The standard InChI is InChI=1S/C21H29N7O2/c1-13(2)10-18-25-20(30-26-18)16-6-5-9-27(11-16)19(29)8-7-17-14(3)24-21-22-12-23-28(21)15(17)4/h12-13,16H,5-11H2,1-4H3. The van der Waals surface area contributed by atoms with Gasteiger partial charge in [0.05, 0.1) is 5.92 Å². The van der Waals surface area contributed by atoms with E-state index in [1.807, 2.05) is 18.7 Å². The lowest BCUT2D eigenvalue weighted by Gasteiger charge is -2.31. The van der Waals surface area contributed by atoms with Gasteiger partial charge in [0, 0.05) is 37.3 Å². The molecule has 1 atom stereocenters. The molecular weight excluding hydrogens is 382 g/mol. The molecule has 1 fully saturated rings. The fourth-order valence-electron chi connectivity index (χ4n) is 4.19. The zero-order valence-corrected chi connectivity index (χ0v) is 18.1. The number of carbonyl (C=O) groups is 1. The van der Waals surface area contributed by atoms with Gasteiger partial charge in [0.2, 0.25) is 11.8 Å².